The largest absolute Gasteiger partial charge is 0.338 e. The van der Waals surface area contributed by atoms with Crippen LogP contribution in [0.15, 0.2) is 0 Å². The molecule has 1 heterocycles. The third-order valence-electron chi connectivity index (χ3n) is 2.48. The summed E-state index contributed by atoms with van der Waals surface area (Å²) in [7, 11) is 0. The number of rotatable bonds is 1. The first-order chi connectivity index (χ1) is 6.06. The molecule has 1 aliphatic heterocycles. The van der Waals surface area contributed by atoms with E-state index in [1.807, 2.05) is 13.8 Å². The average molecular weight is 204 g/mol. The minimum absolute atomic E-state index is 0.00521. The van der Waals surface area contributed by atoms with Gasteiger partial charge in [0.1, 0.15) is 11.7 Å². The summed E-state index contributed by atoms with van der Waals surface area (Å²) < 4.78 is 0. The van der Waals surface area contributed by atoms with Gasteiger partial charge in [-0.1, -0.05) is 6.92 Å². The molecule has 0 saturated carbocycles. The van der Waals surface area contributed by atoms with E-state index in [2.05, 4.69) is 0 Å². The number of piperidine rings is 1. The van der Waals surface area contributed by atoms with Gasteiger partial charge in [0.05, 0.1) is 0 Å². The minimum Gasteiger partial charge on any atom is -0.338 e. The van der Waals surface area contributed by atoms with Crippen LogP contribution in [0.2, 0.25) is 0 Å². The number of nitrogens with zero attached hydrogens (tertiary/aromatic N) is 1. The Balaban J connectivity index is 2.66. The lowest BCUT2D eigenvalue weighted by atomic mass is 9.93. The number of likely N-dealkylation sites (tertiary alicyclic amines) is 1. The summed E-state index contributed by atoms with van der Waals surface area (Å²) >= 11 is 5.46. The molecule has 1 amide bonds. The molecule has 0 unspecified atom stereocenters. The summed E-state index contributed by atoms with van der Waals surface area (Å²) in [6, 6.07) is 0.00921. The zero-order chi connectivity index (χ0) is 10.0. The van der Waals surface area contributed by atoms with E-state index in [9.17, 15) is 9.59 Å². The molecule has 74 valence electrons. The smallest absolute Gasteiger partial charge is 0.237 e. The molecule has 0 aliphatic carbocycles. The van der Waals surface area contributed by atoms with E-state index >= 15 is 0 Å². The standard InChI is InChI=1S/C9H14ClNO2/c1-6-5-11(9(13)4-10)7(2)3-8(6)12/h6-7H,3-5H2,1-2H3/t6-,7-/m1/s1. The first-order valence-electron chi connectivity index (χ1n) is 4.44. The molecule has 0 bridgehead atoms. The molecule has 1 rings (SSSR count). The SMILES string of the molecule is C[C@@H]1CN(C(=O)CCl)[C@H](C)CC1=O. The van der Waals surface area contributed by atoms with Gasteiger partial charge in [-0.15, -0.1) is 11.6 Å². The topological polar surface area (TPSA) is 37.4 Å². The second-order valence-corrected chi connectivity index (χ2v) is 3.87. The van der Waals surface area contributed by atoms with Crippen molar-refractivity contribution in [3.05, 3.63) is 0 Å². The highest BCUT2D eigenvalue weighted by Gasteiger charge is 2.31. The summed E-state index contributed by atoms with van der Waals surface area (Å²) in [5.41, 5.74) is 0. The Morgan fingerprint density at radius 2 is 2.23 bits per heavy atom. The van der Waals surface area contributed by atoms with Crippen molar-refractivity contribution in [3.63, 3.8) is 0 Å². The molecule has 1 aliphatic rings. The van der Waals surface area contributed by atoms with Gasteiger partial charge < -0.3 is 4.90 Å². The molecule has 0 N–H and O–H groups in total. The first-order valence-corrected chi connectivity index (χ1v) is 4.98. The van der Waals surface area contributed by atoms with Crippen LogP contribution in [0, 0.1) is 5.92 Å². The second kappa shape index (κ2) is 4.09. The van der Waals surface area contributed by atoms with Crippen molar-refractivity contribution >= 4 is 23.3 Å². The monoisotopic (exact) mass is 203 g/mol. The van der Waals surface area contributed by atoms with E-state index in [0.717, 1.165) is 0 Å². The number of alkyl halides is 1. The summed E-state index contributed by atoms with van der Waals surface area (Å²) in [5, 5.41) is 0. The molecular formula is C9H14ClNO2. The second-order valence-electron chi connectivity index (χ2n) is 3.60. The molecular weight excluding hydrogens is 190 g/mol. The number of carbonyl (C=O) groups excluding carboxylic acids is 2. The Labute approximate surface area is 83.0 Å². The van der Waals surface area contributed by atoms with E-state index in [-0.39, 0.29) is 29.5 Å². The predicted molar refractivity (Wildman–Crippen MR) is 50.7 cm³/mol. The van der Waals surface area contributed by atoms with Crippen LogP contribution >= 0.6 is 11.6 Å². The molecule has 0 aromatic rings. The number of ketones is 1. The van der Waals surface area contributed by atoms with Crippen molar-refractivity contribution in [2.45, 2.75) is 26.3 Å². The van der Waals surface area contributed by atoms with Gasteiger partial charge in [0.2, 0.25) is 5.91 Å². The van der Waals surface area contributed by atoms with E-state index in [1.165, 1.54) is 0 Å². The molecule has 1 fully saturated rings. The fraction of sp³-hybridized carbons (Fsp3) is 0.778. The minimum atomic E-state index is -0.0754. The van der Waals surface area contributed by atoms with Gasteiger partial charge in [-0.05, 0) is 6.92 Å². The highest BCUT2D eigenvalue weighted by molar-refractivity contribution is 6.27. The molecule has 0 aromatic carbocycles. The maximum atomic E-state index is 11.3. The predicted octanol–water partition coefficient (Wildman–Crippen LogP) is 1.05. The highest BCUT2D eigenvalue weighted by Crippen LogP contribution is 2.18. The number of amides is 1. The summed E-state index contributed by atoms with van der Waals surface area (Å²) in [6.07, 6.45) is 0.462. The quantitative estimate of drug-likeness (QED) is 0.598. The zero-order valence-corrected chi connectivity index (χ0v) is 8.67. The Morgan fingerprint density at radius 1 is 1.62 bits per heavy atom. The highest BCUT2D eigenvalue weighted by atomic mass is 35.5. The number of carbonyl (C=O) groups is 2. The molecule has 1 saturated heterocycles. The maximum Gasteiger partial charge on any atom is 0.237 e. The summed E-state index contributed by atoms with van der Waals surface area (Å²) in [6.45, 7) is 4.25. The van der Waals surface area contributed by atoms with Crippen LogP contribution in [0.1, 0.15) is 20.3 Å². The van der Waals surface area contributed by atoms with E-state index in [1.54, 1.807) is 4.90 Å². The van der Waals surface area contributed by atoms with Crippen LogP contribution in [0.25, 0.3) is 0 Å². The third kappa shape index (κ3) is 2.21. The van der Waals surface area contributed by atoms with Crippen LogP contribution in [0.5, 0.6) is 0 Å². The normalized spacial score (nSPS) is 29.2. The zero-order valence-electron chi connectivity index (χ0n) is 7.92. The Kier molecular flexibility index (Phi) is 3.31. The van der Waals surface area contributed by atoms with Crippen LogP contribution in [0.3, 0.4) is 0 Å². The van der Waals surface area contributed by atoms with Crippen molar-refractivity contribution < 1.29 is 9.59 Å². The lowest BCUT2D eigenvalue weighted by molar-refractivity contribution is -0.138. The molecule has 0 aromatic heterocycles. The molecule has 13 heavy (non-hydrogen) atoms. The van der Waals surface area contributed by atoms with Crippen molar-refractivity contribution in [3.8, 4) is 0 Å². The number of halogens is 1. The third-order valence-corrected chi connectivity index (χ3v) is 2.71. The Morgan fingerprint density at radius 3 is 2.77 bits per heavy atom. The number of Topliss-reactive ketones (excluding diaryl/α,β-unsaturated/α-hetero) is 1. The number of hydrogen-bond donors (Lipinski definition) is 0. The number of hydrogen-bond acceptors (Lipinski definition) is 2. The lowest BCUT2D eigenvalue weighted by Crippen LogP contribution is -2.49. The molecule has 2 atom stereocenters. The maximum absolute atomic E-state index is 11.3. The fourth-order valence-electron chi connectivity index (χ4n) is 1.60. The van der Waals surface area contributed by atoms with Crippen molar-refractivity contribution in [2.24, 2.45) is 5.92 Å². The van der Waals surface area contributed by atoms with Crippen molar-refractivity contribution in [2.75, 3.05) is 12.4 Å². The van der Waals surface area contributed by atoms with Crippen molar-refractivity contribution in [1.82, 2.24) is 4.90 Å². The van der Waals surface area contributed by atoms with Gasteiger partial charge in [-0.25, -0.2) is 0 Å². The Hall–Kier alpha value is -0.570. The van der Waals surface area contributed by atoms with E-state index in [4.69, 9.17) is 11.6 Å². The van der Waals surface area contributed by atoms with Crippen LogP contribution in [0.4, 0.5) is 0 Å². The Bertz CT molecular complexity index is 230. The van der Waals surface area contributed by atoms with Gasteiger partial charge in [0.25, 0.3) is 0 Å². The first kappa shape index (κ1) is 10.5. The van der Waals surface area contributed by atoms with Gasteiger partial charge in [0.15, 0.2) is 0 Å². The lowest BCUT2D eigenvalue weighted by Gasteiger charge is -2.35. The fourth-order valence-corrected chi connectivity index (χ4v) is 1.76. The van der Waals surface area contributed by atoms with Gasteiger partial charge in [0, 0.05) is 24.9 Å². The summed E-state index contributed by atoms with van der Waals surface area (Å²) in [4.78, 5) is 24.3. The van der Waals surface area contributed by atoms with Crippen LogP contribution in [-0.4, -0.2) is 35.1 Å². The van der Waals surface area contributed by atoms with E-state index in [0.29, 0.717) is 13.0 Å². The van der Waals surface area contributed by atoms with Gasteiger partial charge >= 0.3 is 0 Å². The van der Waals surface area contributed by atoms with Crippen LogP contribution in [-0.2, 0) is 9.59 Å². The van der Waals surface area contributed by atoms with Crippen molar-refractivity contribution in [1.29, 1.82) is 0 Å². The molecule has 3 nitrogen and oxygen atoms in total. The van der Waals surface area contributed by atoms with Crippen LogP contribution < -0.4 is 0 Å². The van der Waals surface area contributed by atoms with Gasteiger partial charge in [-0.2, -0.15) is 0 Å². The molecule has 4 heteroatoms. The van der Waals surface area contributed by atoms with E-state index < -0.39 is 0 Å². The van der Waals surface area contributed by atoms with Gasteiger partial charge in [-0.3, -0.25) is 9.59 Å². The molecule has 0 radical (unpaired) electrons. The summed E-state index contributed by atoms with van der Waals surface area (Å²) in [5.74, 6) is 0.133. The molecule has 0 spiro atoms. The average Bonchev–Trinajstić information content (AvgIpc) is 2.10.